The SMILES string of the molecule is CCOc1ccccc1/C=N/NC(=O)COc1ccc(C(C)C)c(C)c1. The fraction of sp³-hybridized carbons (Fsp3) is 0.333. The van der Waals surface area contributed by atoms with E-state index in [-0.39, 0.29) is 12.5 Å². The molecule has 0 spiro atoms. The largest absolute Gasteiger partial charge is 0.493 e. The second-order valence-electron chi connectivity index (χ2n) is 6.23. The molecule has 0 aliphatic heterocycles. The number of hydrogen-bond donors (Lipinski definition) is 1. The number of hydrogen-bond acceptors (Lipinski definition) is 4. The van der Waals surface area contributed by atoms with E-state index < -0.39 is 0 Å². The van der Waals surface area contributed by atoms with Crippen molar-refractivity contribution >= 4 is 12.1 Å². The Morgan fingerprint density at radius 2 is 1.96 bits per heavy atom. The lowest BCUT2D eigenvalue weighted by Gasteiger charge is -2.12. The van der Waals surface area contributed by atoms with Gasteiger partial charge in [-0.25, -0.2) is 5.43 Å². The lowest BCUT2D eigenvalue weighted by atomic mass is 9.98. The van der Waals surface area contributed by atoms with Crippen molar-refractivity contribution in [2.45, 2.75) is 33.6 Å². The lowest BCUT2D eigenvalue weighted by Crippen LogP contribution is -2.24. The van der Waals surface area contributed by atoms with Gasteiger partial charge < -0.3 is 9.47 Å². The number of rotatable bonds is 8. The molecule has 0 aliphatic carbocycles. The van der Waals surface area contributed by atoms with Crippen LogP contribution in [-0.4, -0.2) is 25.3 Å². The normalized spacial score (nSPS) is 11.0. The highest BCUT2D eigenvalue weighted by atomic mass is 16.5. The van der Waals surface area contributed by atoms with Crippen LogP contribution in [0.5, 0.6) is 11.5 Å². The maximum atomic E-state index is 11.9. The molecule has 0 atom stereocenters. The Bertz CT molecular complexity index is 770. The first-order valence-electron chi connectivity index (χ1n) is 8.78. The van der Waals surface area contributed by atoms with E-state index >= 15 is 0 Å². The summed E-state index contributed by atoms with van der Waals surface area (Å²) >= 11 is 0. The van der Waals surface area contributed by atoms with Crippen molar-refractivity contribution in [2.75, 3.05) is 13.2 Å². The Morgan fingerprint density at radius 1 is 1.19 bits per heavy atom. The van der Waals surface area contributed by atoms with Gasteiger partial charge in [0.25, 0.3) is 5.91 Å². The minimum Gasteiger partial charge on any atom is -0.493 e. The number of amides is 1. The molecule has 0 saturated heterocycles. The van der Waals surface area contributed by atoms with Crippen LogP contribution in [0.4, 0.5) is 0 Å². The smallest absolute Gasteiger partial charge is 0.277 e. The molecular weight excluding hydrogens is 328 g/mol. The molecule has 0 saturated carbocycles. The van der Waals surface area contributed by atoms with Gasteiger partial charge in [0.2, 0.25) is 0 Å². The van der Waals surface area contributed by atoms with Crippen LogP contribution in [0.15, 0.2) is 47.6 Å². The molecular formula is C21H26N2O3. The number of ether oxygens (including phenoxy) is 2. The molecule has 2 aromatic rings. The molecule has 5 heteroatoms. The standard InChI is InChI=1S/C21H26N2O3/c1-5-25-20-9-7-6-8-17(20)13-22-23-21(24)14-26-18-10-11-19(15(2)3)16(4)12-18/h6-13,15H,5,14H2,1-4H3,(H,23,24)/b22-13+. The van der Waals surface area contributed by atoms with Gasteiger partial charge in [-0.1, -0.05) is 32.0 Å². The van der Waals surface area contributed by atoms with Crippen LogP contribution in [-0.2, 0) is 4.79 Å². The van der Waals surface area contributed by atoms with Gasteiger partial charge in [0.15, 0.2) is 6.61 Å². The molecule has 0 radical (unpaired) electrons. The van der Waals surface area contributed by atoms with Gasteiger partial charge in [-0.2, -0.15) is 5.10 Å². The molecule has 0 fully saturated rings. The number of carbonyl (C=O) groups excluding carboxylic acids is 1. The van der Waals surface area contributed by atoms with Gasteiger partial charge in [0.1, 0.15) is 11.5 Å². The third-order valence-electron chi connectivity index (χ3n) is 3.84. The number of carbonyl (C=O) groups is 1. The number of aryl methyl sites for hydroxylation is 1. The first kappa shape index (κ1) is 19.5. The Hall–Kier alpha value is -2.82. The second kappa shape index (κ2) is 9.61. The van der Waals surface area contributed by atoms with Crippen molar-refractivity contribution in [1.29, 1.82) is 0 Å². The van der Waals surface area contributed by atoms with Crippen LogP contribution in [0.1, 0.15) is 43.4 Å². The Labute approximate surface area is 155 Å². The molecule has 0 aromatic heterocycles. The molecule has 0 heterocycles. The van der Waals surface area contributed by atoms with Crippen LogP contribution in [0.2, 0.25) is 0 Å². The van der Waals surface area contributed by atoms with E-state index in [1.165, 1.54) is 5.56 Å². The van der Waals surface area contributed by atoms with E-state index in [2.05, 4.69) is 24.4 Å². The summed E-state index contributed by atoms with van der Waals surface area (Å²) in [6.45, 7) is 8.74. The molecule has 1 N–H and O–H groups in total. The average molecular weight is 354 g/mol. The first-order chi connectivity index (χ1) is 12.5. The molecule has 5 nitrogen and oxygen atoms in total. The quantitative estimate of drug-likeness (QED) is 0.575. The first-order valence-corrected chi connectivity index (χ1v) is 8.78. The zero-order valence-electron chi connectivity index (χ0n) is 15.8. The molecule has 26 heavy (non-hydrogen) atoms. The summed E-state index contributed by atoms with van der Waals surface area (Å²) in [5.41, 5.74) is 5.70. The van der Waals surface area contributed by atoms with Crippen molar-refractivity contribution in [1.82, 2.24) is 5.43 Å². The van der Waals surface area contributed by atoms with E-state index in [0.29, 0.717) is 18.3 Å². The topological polar surface area (TPSA) is 59.9 Å². The highest BCUT2D eigenvalue weighted by Crippen LogP contribution is 2.23. The zero-order valence-corrected chi connectivity index (χ0v) is 15.8. The van der Waals surface area contributed by atoms with Gasteiger partial charge >= 0.3 is 0 Å². The van der Waals surface area contributed by atoms with Crippen molar-refractivity contribution < 1.29 is 14.3 Å². The summed E-state index contributed by atoms with van der Waals surface area (Å²) in [5.74, 6) is 1.54. The third-order valence-corrected chi connectivity index (χ3v) is 3.84. The number of nitrogens with zero attached hydrogens (tertiary/aromatic N) is 1. The van der Waals surface area contributed by atoms with Crippen LogP contribution in [0.3, 0.4) is 0 Å². The monoisotopic (exact) mass is 354 g/mol. The molecule has 138 valence electrons. The summed E-state index contributed by atoms with van der Waals surface area (Å²) in [5, 5.41) is 3.97. The van der Waals surface area contributed by atoms with Crippen molar-refractivity contribution in [2.24, 2.45) is 5.10 Å². The zero-order chi connectivity index (χ0) is 18.9. The van der Waals surface area contributed by atoms with Gasteiger partial charge in [0.05, 0.1) is 12.8 Å². The van der Waals surface area contributed by atoms with Crippen LogP contribution in [0, 0.1) is 6.92 Å². The van der Waals surface area contributed by atoms with Crippen LogP contribution >= 0.6 is 0 Å². The van der Waals surface area contributed by atoms with E-state index in [1.807, 2.05) is 56.3 Å². The number of hydrazone groups is 1. The molecule has 0 bridgehead atoms. The molecule has 2 aromatic carbocycles. The summed E-state index contributed by atoms with van der Waals surface area (Å²) in [4.78, 5) is 11.9. The highest BCUT2D eigenvalue weighted by molar-refractivity contribution is 5.85. The summed E-state index contributed by atoms with van der Waals surface area (Å²) in [7, 11) is 0. The fourth-order valence-electron chi connectivity index (χ4n) is 2.61. The average Bonchev–Trinajstić information content (AvgIpc) is 2.61. The second-order valence-corrected chi connectivity index (χ2v) is 6.23. The molecule has 0 unspecified atom stereocenters. The number of para-hydroxylation sites is 1. The maximum Gasteiger partial charge on any atom is 0.277 e. The predicted molar refractivity (Wildman–Crippen MR) is 104 cm³/mol. The third kappa shape index (κ3) is 5.62. The van der Waals surface area contributed by atoms with Gasteiger partial charge in [-0.15, -0.1) is 0 Å². The van der Waals surface area contributed by atoms with E-state index in [0.717, 1.165) is 16.9 Å². The Kier molecular flexibility index (Phi) is 7.21. The maximum absolute atomic E-state index is 11.9. The van der Waals surface area contributed by atoms with Gasteiger partial charge in [0, 0.05) is 5.56 Å². The summed E-state index contributed by atoms with van der Waals surface area (Å²) < 4.78 is 11.0. The Balaban J connectivity index is 1.87. The summed E-state index contributed by atoms with van der Waals surface area (Å²) in [6.07, 6.45) is 1.56. The van der Waals surface area contributed by atoms with Crippen molar-refractivity contribution in [3.63, 3.8) is 0 Å². The molecule has 1 amide bonds. The number of benzene rings is 2. The van der Waals surface area contributed by atoms with Crippen LogP contribution < -0.4 is 14.9 Å². The minimum absolute atomic E-state index is 0.0923. The highest BCUT2D eigenvalue weighted by Gasteiger charge is 2.06. The van der Waals surface area contributed by atoms with Crippen LogP contribution in [0.25, 0.3) is 0 Å². The van der Waals surface area contributed by atoms with E-state index in [9.17, 15) is 4.79 Å². The number of nitrogens with one attached hydrogen (secondary N) is 1. The summed E-state index contributed by atoms with van der Waals surface area (Å²) in [6, 6.07) is 13.4. The van der Waals surface area contributed by atoms with Crippen molar-refractivity contribution in [3.8, 4) is 11.5 Å². The Morgan fingerprint density at radius 3 is 2.65 bits per heavy atom. The lowest BCUT2D eigenvalue weighted by molar-refractivity contribution is -0.123. The predicted octanol–water partition coefficient (Wildman–Crippen LogP) is 4.05. The molecule has 2 rings (SSSR count). The van der Waals surface area contributed by atoms with Gasteiger partial charge in [-0.3, -0.25) is 4.79 Å². The minimum atomic E-state index is -0.319. The molecule has 0 aliphatic rings. The van der Waals surface area contributed by atoms with Crippen molar-refractivity contribution in [3.05, 3.63) is 59.2 Å². The van der Waals surface area contributed by atoms with E-state index in [4.69, 9.17) is 9.47 Å². The fourth-order valence-corrected chi connectivity index (χ4v) is 2.61. The van der Waals surface area contributed by atoms with Gasteiger partial charge in [-0.05, 0) is 55.2 Å². The van der Waals surface area contributed by atoms with E-state index in [1.54, 1.807) is 6.21 Å².